The monoisotopic (exact) mass is 371 g/mol. The van der Waals surface area contributed by atoms with Crippen molar-refractivity contribution >= 4 is 29.3 Å². The fourth-order valence-electron chi connectivity index (χ4n) is 2.26. The third kappa shape index (κ3) is 6.56. The van der Waals surface area contributed by atoms with Crippen LogP contribution < -0.4 is 5.32 Å². The van der Waals surface area contributed by atoms with Gasteiger partial charge in [-0.15, -0.1) is 11.8 Å². The van der Waals surface area contributed by atoms with Gasteiger partial charge in [-0.05, 0) is 50.1 Å². The summed E-state index contributed by atoms with van der Waals surface area (Å²) in [6.45, 7) is 5.70. The highest BCUT2D eigenvalue weighted by Gasteiger charge is 2.17. The van der Waals surface area contributed by atoms with Crippen LogP contribution in [0.4, 0.5) is 5.69 Å². The van der Waals surface area contributed by atoms with Crippen molar-refractivity contribution < 1.29 is 14.3 Å². The summed E-state index contributed by atoms with van der Waals surface area (Å²) in [6.07, 6.45) is 0.391. The molecule has 2 rings (SSSR count). The molecular formula is C21H25NO3S. The number of anilines is 1. The maximum atomic E-state index is 12.1. The SMILES string of the molecule is CCc1ccc(NC(=O)C(C)OC(=O)CCSc2ccc(C)cc2)cc1. The number of esters is 1. The molecule has 1 unspecified atom stereocenters. The molecule has 0 aliphatic rings. The first-order valence-electron chi connectivity index (χ1n) is 8.76. The first kappa shape index (κ1) is 20.0. The van der Waals surface area contributed by atoms with Crippen LogP contribution in [-0.2, 0) is 20.7 Å². The van der Waals surface area contributed by atoms with Crippen molar-refractivity contribution in [2.45, 2.75) is 44.6 Å². The number of rotatable bonds is 8. The van der Waals surface area contributed by atoms with Gasteiger partial charge in [0.15, 0.2) is 6.10 Å². The Kier molecular flexibility index (Phi) is 7.73. The predicted octanol–water partition coefficient (Wildman–Crippen LogP) is 4.61. The van der Waals surface area contributed by atoms with E-state index in [9.17, 15) is 9.59 Å². The van der Waals surface area contributed by atoms with Crippen molar-refractivity contribution in [3.63, 3.8) is 0 Å². The lowest BCUT2D eigenvalue weighted by molar-refractivity contribution is -0.152. The van der Waals surface area contributed by atoms with Gasteiger partial charge < -0.3 is 10.1 Å². The Morgan fingerprint density at radius 1 is 1.08 bits per heavy atom. The number of nitrogens with one attached hydrogen (secondary N) is 1. The average molecular weight is 372 g/mol. The van der Waals surface area contributed by atoms with Crippen LogP contribution in [0.25, 0.3) is 0 Å². The van der Waals surface area contributed by atoms with Crippen molar-refractivity contribution in [1.29, 1.82) is 0 Å². The zero-order chi connectivity index (χ0) is 18.9. The number of ether oxygens (including phenoxy) is 1. The molecule has 1 atom stereocenters. The van der Waals surface area contributed by atoms with E-state index in [2.05, 4.69) is 12.2 Å². The van der Waals surface area contributed by atoms with Crippen LogP contribution in [0, 0.1) is 6.92 Å². The summed E-state index contributed by atoms with van der Waals surface area (Å²) in [5.74, 6) is -0.0725. The van der Waals surface area contributed by atoms with Gasteiger partial charge >= 0.3 is 5.97 Å². The van der Waals surface area contributed by atoms with Gasteiger partial charge in [0, 0.05) is 16.3 Å². The number of hydrogen-bond donors (Lipinski definition) is 1. The molecule has 0 aromatic heterocycles. The van der Waals surface area contributed by atoms with Crippen LogP contribution in [0.3, 0.4) is 0 Å². The topological polar surface area (TPSA) is 55.4 Å². The Labute approximate surface area is 159 Å². The summed E-state index contributed by atoms with van der Waals surface area (Å²) < 4.78 is 5.22. The second-order valence-electron chi connectivity index (χ2n) is 6.08. The molecule has 0 aliphatic carbocycles. The number of amides is 1. The molecule has 5 heteroatoms. The van der Waals surface area contributed by atoms with Gasteiger partial charge in [0.25, 0.3) is 5.91 Å². The van der Waals surface area contributed by atoms with Crippen molar-refractivity contribution in [3.8, 4) is 0 Å². The molecule has 0 radical (unpaired) electrons. The lowest BCUT2D eigenvalue weighted by atomic mass is 10.1. The highest BCUT2D eigenvalue weighted by molar-refractivity contribution is 7.99. The van der Waals surface area contributed by atoms with E-state index in [0.29, 0.717) is 11.4 Å². The molecule has 1 amide bonds. The molecule has 138 valence electrons. The molecule has 0 aliphatic heterocycles. The van der Waals surface area contributed by atoms with Gasteiger partial charge in [0.1, 0.15) is 0 Å². The van der Waals surface area contributed by atoms with E-state index in [0.717, 1.165) is 11.3 Å². The number of thioether (sulfide) groups is 1. The predicted molar refractivity (Wildman–Crippen MR) is 107 cm³/mol. The molecule has 0 heterocycles. The highest BCUT2D eigenvalue weighted by Crippen LogP contribution is 2.19. The Morgan fingerprint density at radius 3 is 2.35 bits per heavy atom. The summed E-state index contributed by atoms with van der Waals surface area (Å²) >= 11 is 1.60. The molecule has 0 bridgehead atoms. The Balaban J connectivity index is 1.72. The minimum atomic E-state index is -0.822. The summed E-state index contributed by atoms with van der Waals surface area (Å²) in [6, 6.07) is 15.8. The van der Waals surface area contributed by atoms with Crippen LogP contribution >= 0.6 is 11.8 Å². The Morgan fingerprint density at radius 2 is 1.73 bits per heavy atom. The largest absolute Gasteiger partial charge is 0.453 e. The van der Waals surface area contributed by atoms with E-state index in [4.69, 9.17) is 4.74 Å². The standard InChI is InChI=1S/C21H25NO3S/c1-4-17-7-9-18(10-8-17)22-21(24)16(3)25-20(23)13-14-26-19-11-5-15(2)6-12-19/h5-12,16H,4,13-14H2,1-3H3,(H,22,24). The number of aryl methyl sites for hydroxylation is 2. The van der Waals surface area contributed by atoms with Gasteiger partial charge in [0.05, 0.1) is 6.42 Å². The molecule has 2 aromatic carbocycles. The van der Waals surface area contributed by atoms with E-state index in [1.807, 2.05) is 55.5 Å². The summed E-state index contributed by atoms with van der Waals surface area (Å²) in [5.41, 5.74) is 3.11. The fraction of sp³-hybridized carbons (Fsp3) is 0.333. The van der Waals surface area contributed by atoms with E-state index in [1.165, 1.54) is 11.1 Å². The number of carbonyl (C=O) groups is 2. The zero-order valence-corrected chi connectivity index (χ0v) is 16.3. The molecule has 26 heavy (non-hydrogen) atoms. The first-order valence-corrected chi connectivity index (χ1v) is 9.75. The lowest BCUT2D eigenvalue weighted by Gasteiger charge is -2.13. The lowest BCUT2D eigenvalue weighted by Crippen LogP contribution is -2.30. The Bertz CT molecular complexity index is 726. The second kappa shape index (κ2) is 10.0. The van der Waals surface area contributed by atoms with Crippen LogP contribution in [-0.4, -0.2) is 23.7 Å². The third-order valence-electron chi connectivity index (χ3n) is 3.90. The van der Waals surface area contributed by atoms with Crippen LogP contribution in [0.1, 0.15) is 31.4 Å². The average Bonchev–Trinajstić information content (AvgIpc) is 2.64. The third-order valence-corrected chi connectivity index (χ3v) is 4.92. The highest BCUT2D eigenvalue weighted by atomic mass is 32.2. The number of benzene rings is 2. The van der Waals surface area contributed by atoms with Gasteiger partial charge in [-0.1, -0.05) is 36.8 Å². The maximum absolute atomic E-state index is 12.1. The van der Waals surface area contributed by atoms with Gasteiger partial charge in [0.2, 0.25) is 0 Å². The van der Waals surface area contributed by atoms with Gasteiger partial charge in [-0.2, -0.15) is 0 Å². The van der Waals surface area contributed by atoms with E-state index >= 15 is 0 Å². The van der Waals surface area contributed by atoms with Crippen molar-refractivity contribution in [1.82, 2.24) is 0 Å². The summed E-state index contributed by atoms with van der Waals surface area (Å²) in [4.78, 5) is 25.2. The fourth-order valence-corrected chi connectivity index (χ4v) is 3.10. The van der Waals surface area contributed by atoms with Gasteiger partial charge in [-0.3, -0.25) is 9.59 Å². The number of carbonyl (C=O) groups excluding carboxylic acids is 2. The van der Waals surface area contributed by atoms with E-state index in [1.54, 1.807) is 18.7 Å². The normalized spacial score (nSPS) is 11.7. The van der Waals surface area contributed by atoms with Crippen LogP contribution in [0.5, 0.6) is 0 Å². The van der Waals surface area contributed by atoms with Gasteiger partial charge in [-0.25, -0.2) is 0 Å². The molecule has 0 saturated heterocycles. The zero-order valence-electron chi connectivity index (χ0n) is 15.5. The smallest absolute Gasteiger partial charge is 0.307 e. The quantitative estimate of drug-likeness (QED) is 0.544. The molecule has 0 saturated carbocycles. The molecule has 0 fully saturated rings. The molecule has 2 aromatic rings. The maximum Gasteiger partial charge on any atom is 0.307 e. The minimum Gasteiger partial charge on any atom is -0.453 e. The summed E-state index contributed by atoms with van der Waals surface area (Å²) in [7, 11) is 0. The second-order valence-corrected chi connectivity index (χ2v) is 7.25. The van der Waals surface area contributed by atoms with Crippen LogP contribution in [0.15, 0.2) is 53.4 Å². The minimum absolute atomic E-state index is 0.265. The number of hydrogen-bond acceptors (Lipinski definition) is 4. The van der Waals surface area contributed by atoms with Crippen molar-refractivity contribution in [2.24, 2.45) is 0 Å². The van der Waals surface area contributed by atoms with Crippen LogP contribution in [0.2, 0.25) is 0 Å². The van der Waals surface area contributed by atoms with Crippen molar-refractivity contribution in [3.05, 3.63) is 59.7 Å². The van der Waals surface area contributed by atoms with E-state index in [-0.39, 0.29) is 18.3 Å². The first-order chi connectivity index (χ1) is 12.5. The Hall–Kier alpha value is -2.27. The molecular weight excluding hydrogens is 346 g/mol. The molecule has 4 nitrogen and oxygen atoms in total. The van der Waals surface area contributed by atoms with Crippen molar-refractivity contribution in [2.75, 3.05) is 11.1 Å². The summed E-state index contributed by atoms with van der Waals surface area (Å²) in [5, 5.41) is 2.76. The molecule has 1 N–H and O–H groups in total. The van der Waals surface area contributed by atoms with E-state index < -0.39 is 6.10 Å². The molecule has 0 spiro atoms.